The highest BCUT2D eigenvalue weighted by atomic mass is 19.3. The topological polar surface area (TPSA) is 95.9 Å². The number of nitrogens with one attached hydrogen (secondary N) is 2. The molecule has 4 heterocycles. The Labute approximate surface area is 178 Å². The van der Waals surface area contributed by atoms with Gasteiger partial charge >= 0.3 is 0 Å². The van der Waals surface area contributed by atoms with Crippen LogP contribution in [0.1, 0.15) is 11.5 Å². The molecule has 1 saturated heterocycles. The molecule has 0 atom stereocenters. The Kier molecular flexibility index (Phi) is 6.68. The van der Waals surface area contributed by atoms with E-state index in [0.717, 1.165) is 39.0 Å². The third kappa shape index (κ3) is 5.91. The van der Waals surface area contributed by atoms with Crippen molar-refractivity contribution in [2.24, 2.45) is 0 Å². The highest BCUT2D eigenvalue weighted by Crippen LogP contribution is 2.26. The van der Waals surface area contributed by atoms with E-state index >= 15 is 0 Å². The van der Waals surface area contributed by atoms with Gasteiger partial charge in [-0.3, -0.25) is 9.78 Å². The van der Waals surface area contributed by atoms with E-state index in [4.69, 9.17) is 0 Å². The van der Waals surface area contributed by atoms with Crippen LogP contribution in [0.4, 0.5) is 26.1 Å². The molecule has 0 aliphatic carbocycles. The van der Waals surface area contributed by atoms with Crippen LogP contribution in [0.5, 0.6) is 0 Å². The number of alkyl halides is 2. The number of nitrogens with zero attached hydrogens (tertiary/aromatic N) is 5. The van der Waals surface area contributed by atoms with E-state index in [0.29, 0.717) is 12.2 Å². The molecule has 0 saturated carbocycles. The number of likely N-dealkylation sites (tertiary alicyclic amines) is 1. The fourth-order valence-corrected chi connectivity index (χ4v) is 2.90. The van der Waals surface area contributed by atoms with Crippen LogP contribution in [-0.2, 0) is 4.79 Å². The van der Waals surface area contributed by atoms with Crippen LogP contribution in [0.15, 0.2) is 42.9 Å². The quantitative estimate of drug-likeness (QED) is 0.602. The lowest BCUT2D eigenvalue weighted by Gasteiger charge is -2.35. The van der Waals surface area contributed by atoms with E-state index in [1.807, 2.05) is 45.3 Å². The molecule has 1 amide bonds. The highest BCUT2D eigenvalue weighted by molar-refractivity contribution is 5.70. The summed E-state index contributed by atoms with van der Waals surface area (Å²) in [6.07, 6.45) is 5.78. The van der Waals surface area contributed by atoms with E-state index in [1.54, 1.807) is 12.4 Å². The van der Waals surface area contributed by atoms with Gasteiger partial charge in [-0.15, -0.1) is 0 Å². The summed E-state index contributed by atoms with van der Waals surface area (Å²) in [7, 11) is 1.89. The van der Waals surface area contributed by atoms with E-state index < -0.39 is 19.0 Å². The van der Waals surface area contributed by atoms with Crippen LogP contribution in [0.3, 0.4) is 0 Å². The maximum Gasteiger partial charge on any atom is 0.282 e. The Morgan fingerprint density at radius 1 is 1.03 bits per heavy atom. The minimum atomic E-state index is -2.61. The number of aromatic nitrogens is 4. The van der Waals surface area contributed by atoms with Crippen LogP contribution in [-0.4, -0.2) is 57.3 Å². The highest BCUT2D eigenvalue weighted by Gasteiger charge is 2.43. The van der Waals surface area contributed by atoms with Crippen molar-refractivity contribution < 1.29 is 13.6 Å². The normalized spacial score (nSPS) is 14.0. The molecular formula is C21H23F2N7O. The SMILES string of the molecule is CNc1cc(-c2ccnc(Nc3ccnc(C)n3)c2)cnc1C.O=CN1CC(F)(F)C1. The zero-order valence-corrected chi connectivity index (χ0v) is 17.4. The van der Waals surface area contributed by atoms with Gasteiger partial charge in [-0.1, -0.05) is 0 Å². The molecule has 4 rings (SSSR count). The van der Waals surface area contributed by atoms with Gasteiger partial charge in [-0.05, 0) is 43.7 Å². The van der Waals surface area contributed by atoms with Gasteiger partial charge in [-0.25, -0.2) is 23.7 Å². The van der Waals surface area contributed by atoms with Gasteiger partial charge in [0.05, 0.1) is 24.5 Å². The Morgan fingerprint density at radius 3 is 2.39 bits per heavy atom. The molecule has 0 spiro atoms. The summed E-state index contributed by atoms with van der Waals surface area (Å²) in [4.78, 5) is 27.9. The number of carbonyl (C=O) groups excluding carboxylic acids is 1. The number of pyridine rings is 2. The molecule has 0 unspecified atom stereocenters. The van der Waals surface area contributed by atoms with E-state index in [2.05, 4.69) is 36.6 Å². The number of halogens is 2. The predicted molar refractivity (Wildman–Crippen MR) is 114 cm³/mol. The summed E-state index contributed by atoms with van der Waals surface area (Å²) in [5.41, 5.74) is 4.06. The van der Waals surface area contributed by atoms with Gasteiger partial charge in [-0.2, -0.15) is 0 Å². The average Bonchev–Trinajstić information content (AvgIpc) is 2.73. The average molecular weight is 427 g/mol. The van der Waals surface area contributed by atoms with Gasteiger partial charge in [0.15, 0.2) is 0 Å². The number of anilines is 3. The summed E-state index contributed by atoms with van der Waals surface area (Å²) < 4.78 is 23.5. The number of aryl methyl sites for hydroxylation is 2. The zero-order valence-electron chi connectivity index (χ0n) is 17.4. The van der Waals surface area contributed by atoms with Crippen molar-refractivity contribution in [3.8, 4) is 11.1 Å². The second-order valence-electron chi connectivity index (χ2n) is 7.02. The largest absolute Gasteiger partial charge is 0.387 e. The van der Waals surface area contributed by atoms with Crippen LogP contribution in [0.2, 0.25) is 0 Å². The summed E-state index contributed by atoms with van der Waals surface area (Å²) in [5.74, 6) is -0.444. The maximum atomic E-state index is 11.8. The van der Waals surface area contributed by atoms with Gasteiger partial charge in [0, 0.05) is 31.2 Å². The summed E-state index contributed by atoms with van der Waals surface area (Å²) in [5, 5.41) is 6.35. The van der Waals surface area contributed by atoms with Gasteiger partial charge in [0.1, 0.15) is 17.5 Å². The number of amides is 1. The fraction of sp³-hybridized carbons (Fsp3) is 0.286. The first-order chi connectivity index (χ1) is 14.8. The first kappa shape index (κ1) is 22.0. The number of carbonyl (C=O) groups is 1. The monoisotopic (exact) mass is 427 g/mol. The lowest BCUT2D eigenvalue weighted by Crippen LogP contribution is -2.55. The molecule has 3 aromatic heterocycles. The first-order valence-electron chi connectivity index (χ1n) is 9.54. The van der Waals surface area contributed by atoms with Crippen molar-refractivity contribution in [1.29, 1.82) is 0 Å². The molecule has 0 bridgehead atoms. The zero-order chi connectivity index (χ0) is 22.4. The molecular weight excluding hydrogens is 404 g/mol. The Bertz CT molecular complexity index is 1050. The maximum absolute atomic E-state index is 11.8. The first-order valence-corrected chi connectivity index (χ1v) is 9.54. The van der Waals surface area contributed by atoms with Crippen molar-refractivity contribution in [2.75, 3.05) is 30.8 Å². The standard InChI is InChI=1S/C17H18N6.C4H5F2NO/c1-11-15(18-3)8-14(10-21-11)13-4-6-20-17(9-13)23-16-5-7-19-12(2)22-16;5-4(6)1-7(2-4)3-8/h4-10,18H,1-3H3,(H,19,20,22,23);3H,1-2H2. The Morgan fingerprint density at radius 2 is 1.77 bits per heavy atom. The van der Waals surface area contributed by atoms with E-state index in [1.165, 1.54) is 0 Å². The minimum Gasteiger partial charge on any atom is -0.387 e. The summed E-state index contributed by atoms with van der Waals surface area (Å²) in [6, 6.07) is 7.83. The minimum absolute atomic E-state index is 0.406. The van der Waals surface area contributed by atoms with Gasteiger partial charge in [0.2, 0.25) is 6.41 Å². The molecule has 1 fully saturated rings. The fourth-order valence-electron chi connectivity index (χ4n) is 2.90. The Balaban J connectivity index is 0.000000287. The van der Waals surface area contributed by atoms with Crippen LogP contribution in [0.25, 0.3) is 11.1 Å². The van der Waals surface area contributed by atoms with Crippen molar-refractivity contribution >= 4 is 23.7 Å². The molecule has 162 valence electrons. The number of hydrogen-bond donors (Lipinski definition) is 2. The smallest absolute Gasteiger partial charge is 0.282 e. The molecule has 8 nitrogen and oxygen atoms in total. The van der Waals surface area contributed by atoms with Gasteiger partial charge < -0.3 is 15.5 Å². The van der Waals surface area contributed by atoms with Crippen LogP contribution in [0, 0.1) is 13.8 Å². The summed E-state index contributed by atoms with van der Waals surface area (Å²) in [6.45, 7) is 3.02. The van der Waals surface area contributed by atoms with Crippen molar-refractivity contribution in [1.82, 2.24) is 24.8 Å². The lowest BCUT2D eigenvalue weighted by molar-refractivity contribution is -0.153. The summed E-state index contributed by atoms with van der Waals surface area (Å²) >= 11 is 0. The van der Waals surface area contributed by atoms with Crippen LogP contribution >= 0.6 is 0 Å². The molecule has 0 aromatic carbocycles. The molecule has 1 aliphatic heterocycles. The van der Waals surface area contributed by atoms with Crippen LogP contribution < -0.4 is 10.6 Å². The molecule has 0 radical (unpaired) electrons. The van der Waals surface area contributed by atoms with Gasteiger partial charge in [0.25, 0.3) is 5.92 Å². The molecule has 2 N–H and O–H groups in total. The van der Waals surface area contributed by atoms with E-state index in [-0.39, 0.29) is 0 Å². The number of hydrogen-bond acceptors (Lipinski definition) is 7. The molecule has 10 heteroatoms. The second-order valence-corrected chi connectivity index (χ2v) is 7.02. The molecule has 31 heavy (non-hydrogen) atoms. The van der Waals surface area contributed by atoms with E-state index in [9.17, 15) is 13.6 Å². The third-order valence-electron chi connectivity index (χ3n) is 4.50. The van der Waals surface area contributed by atoms with Crippen molar-refractivity contribution in [2.45, 2.75) is 19.8 Å². The molecule has 1 aliphatic rings. The van der Waals surface area contributed by atoms with Crippen molar-refractivity contribution in [3.05, 3.63) is 54.4 Å². The Hall–Kier alpha value is -3.69. The van der Waals surface area contributed by atoms with Crippen molar-refractivity contribution in [3.63, 3.8) is 0 Å². The second kappa shape index (κ2) is 9.41. The number of rotatable bonds is 5. The lowest BCUT2D eigenvalue weighted by atomic mass is 10.1. The molecule has 3 aromatic rings. The predicted octanol–water partition coefficient (Wildman–Crippen LogP) is 3.43. The third-order valence-corrected chi connectivity index (χ3v) is 4.50.